The van der Waals surface area contributed by atoms with Gasteiger partial charge in [-0.05, 0) is 36.5 Å². The molecule has 1 aliphatic rings. The molecule has 1 aromatic rings. The molecule has 2 rings (SSSR count). The molecule has 0 atom stereocenters. The van der Waals surface area contributed by atoms with Crippen LogP contribution in [0.25, 0.3) is 0 Å². The summed E-state index contributed by atoms with van der Waals surface area (Å²) < 4.78 is 44.4. The Bertz CT molecular complexity index is 495. The fourth-order valence-corrected chi connectivity index (χ4v) is 3.27. The van der Waals surface area contributed by atoms with Crippen LogP contribution in [0.1, 0.15) is 18.4 Å². The standard InChI is InChI=1S/C13H18FNO3S/c14-13-3-1-12(2-4-13)10-19(16,17)15-9-11-5-7-18-8-6-11/h1-4,11,15H,5-10H2. The summed E-state index contributed by atoms with van der Waals surface area (Å²) in [6.45, 7) is 1.85. The molecule has 0 amide bonds. The van der Waals surface area contributed by atoms with Gasteiger partial charge in [0.05, 0.1) is 5.75 Å². The Morgan fingerprint density at radius 1 is 1.21 bits per heavy atom. The lowest BCUT2D eigenvalue weighted by Gasteiger charge is -2.22. The third kappa shape index (κ3) is 4.89. The summed E-state index contributed by atoms with van der Waals surface area (Å²) in [5.41, 5.74) is 0.584. The molecular weight excluding hydrogens is 269 g/mol. The Morgan fingerprint density at radius 2 is 1.84 bits per heavy atom. The molecule has 1 heterocycles. The SMILES string of the molecule is O=S(=O)(Cc1ccc(F)cc1)NCC1CCOCC1. The number of halogens is 1. The largest absolute Gasteiger partial charge is 0.381 e. The van der Waals surface area contributed by atoms with Crippen molar-refractivity contribution in [3.05, 3.63) is 35.6 Å². The van der Waals surface area contributed by atoms with Crippen molar-refractivity contribution in [2.45, 2.75) is 18.6 Å². The molecular formula is C13H18FNO3S. The minimum Gasteiger partial charge on any atom is -0.381 e. The van der Waals surface area contributed by atoms with Crippen molar-refractivity contribution in [3.63, 3.8) is 0 Å². The van der Waals surface area contributed by atoms with Gasteiger partial charge >= 0.3 is 0 Å². The molecule has 1 saturated heterocycles. The fraction of sp³-hybridized carbons (Fsp3) is 0.538. The number of hydrogen-bond donors (Lipinski definition) is 1. The third-order valence-corrected chi connectivity index (χ3v) is 4.52. The third-order valence-electron chi connectivity index (χ3n) is 3.20. The molecule has 1 aliphatic heterocycles. The summed E-state index contributed by atoms with van der Waals surface area (Å²) in [7, 11) is -3.36. The molecule has 0 radical (unpaired) electrons. The Balaban J connectivity index is 1.85. The minimum atomic E-state index is -3.36. The predicted octanol–water partition coefficient (Wildman–Crippen LogP) is 1.67. The van der Waals surface area contributed by atoms with Crippen molar-refractivity contribution in [3.8, 4) is 0 Å². The first kappa shape index (κ1) is 14.4. The van der Waals surface area contributed by atoms with Gasteiger partial charge in [-0.25, -0.2) is 17.5 Å². The summed E-state index contributed by atoms with van der Waals surface area (Å²) in [5, 5.41) is 0. The van der Waals surface area contributed by atoms with Crippen molar-refractivity contribution in [2.75, 3.05) is 19.8 Å². The Morgan fingerprint density at radius 3 is 2.47 bits per heavy atom. The summed E-state index contributed by atoms with van der Waals surface area (Å²) in [4.78, 5) is 0. The number of sulfonamides is 1. The maximum absolute atomic E-state index is 12.7. The average Bonchev–Trinajstić information content (AvgIpc) is 2.40. The first-order valence-electron chi connectivity index (χ1n) is 6.35. The van der Waals surface area contributed by atoms with Crippen LogP contribution in [0, 0.1) is 11.7 Å². The minimum absolute atomic E-state index is 0.115. The Kier molecular flexibility index (Phi) is 4.90. The topological polar surface area (TPSA) is 55.4 Å². The van der Waals surface area contributed by atoms with Crippen molar-refractivity contribution >= 4 is 10.0 Å². The van der Waals surface area contributed by atoms with Gasteiger partial charge in [-0.2, -0.15) is 0 Å². The quantitative estimate of drug-likeness (QED) is 0.896. The second kappa shape index (κ2) is 6.45. The average molecular weight is 287 g/mol. The first-order chi connectivity index (χ1) is 9.05. The number of ether oxygens (including phenoxy) is 1. The van der Waals surface area contributed by atoms with E-state index in [1.54, 1.807) is 0 Å². The molecule has 0 spiro atoms. The van der Waals surface area contributed by atoms with Gasteiger partial charge in [-0.1, -0.05) is 12.1 Å². The zero-order valence-electron chi connectivity index (χ0n) is 10.6. The van der Waals surface area contributed by atoms with Crippen LogP contribution < -0.4 is 4.72 Å². The molecule has 19 heavy (non-hydrogen) atoms. The molecule has 106 valence electrons. The number of benzene rings is 1. The predicted molar refractivity (Wildman–Crippen MR) is 70.6 cm³/mol. The monoisotopic (exact) mass is 287 g/mol. The number of hydrogen-bond acceptors (Lipinski definition) is 3. The van der Waals surface area contributed by atoms with Crippen molar-refractivity contribution in [1.82, 2.24) is 4.72 Å². The fourth-order valence-electron chi connectivity index (χ4n) is 2.05. The highest BCUT2D eigenvalue weighted by Crippen LogP contribution is 2.14. The van der Waals surface area contributed by atoms with E-state index in [-0.39, 0.29) is 11.6 Å². The van der Waals surface area contributed by atoms with Gasteiger partial charge in [-0.3, -0.25) is 0 Å². The van der Waals surface area contributed by atoms with Crippen LogP contribution in [0.2, 0.25) is 0 Å². The molecule has 0 aromatic heterocycles. The summed E-state index contributed by atoms with van der Waals surface area (Å²) in [6.07, 6.45) is 1.78. The van der Waals surface area contributed by atoms with Crippen LogP contribution in [0.3, 0.4) is 0 Å². The highest BCUT2D eigenvalue weighted by Gasteiger charge is 2.17. The molecule has 1 aromatic carbocycles. The van der Waals surface area contributed by atoms with Gasteiger partial charge in [0, 0.05) is 19.8 Å². The van der Waals surface area contributed by atoms with Gasteiger partial charge in [0.1, 0.15) is 5.82 Å². The summed E-state index contributed by atoms with van der Waals surface area (Å²) in [6, 6.07) is 5.51. The van der Waals surface area contributed by atoms with Gasteiger partial charge in [0.25, 0.3) is 0 Å². The van der Waals surface area contributed by atoms with Crippen LogP contribution in [-0.2, 0) is 20.5 Å². The van der Waals surface area contributed by atoms with E-state index in [2.05, 4.69) is 4.72 Å². The Hall–Kier alpha value is -0.980. The zero-order valence-corrected chi connectivity index (χ0v) is 11.5. The highest BCUT2D eigenvalue weighted by atomic mass is 32.2. The number of rotatable bonds is 5. The van der Waals surface area contributed by atoms with E-state index in [0.717, 1.165) is 12.8 Å². The lowest BCUT2D eigenvalue weighted by molar-refractivity contribution is 0.0678. The highest BCUT2D eigenvalue weighted by molar-refractivity contribution is 7.88. The zero-order chi connectivity index (χ0) is 13.7. The molecule has 6 heteroatoms. The second-order valence-electron chi connectivity index (χ2n) is 4.79. The smallest absolute Gasteiger partial charge is 0.215 e. The molecule has 4 nitrogen and oxygen atoms in total. The van der Waals surface area contributed by atoms with E-state index in [4.69, 9.17) is 4.74 Å². The summed E-state index contributed by atoms with van der Waals surface area (Å²) in [5.74, 6) is -0.135. The lowest BCUT2D eigenvalue weighted by Crippen LogP contribution is -2.32. The van der Waals surface area contributed by atoms with E-state index in [1.165, 1.54) is 24.3 Å². The molecule has 0 bridgehead atoms. The van der Waals surface area contributed by atoms with E-state index in [1.807, 2.05) is 0 Å². The van der Waals surface area contributed by atoms with Gasteiger partial charge in [0.15, 0.2) is 0 Å². The normalized spacial score (nSPS) is 17.5. The van der Waals surface area contributed by atoms with Crippen LogP contribution in [0.4, 0.5) is 4.39 Å². The van der Waals surface area contributed by atoms with E-state index in [0.29, 0.717) is 31.2 Å². The van der Waals surface area contributed by atoms with E-state index in [9.17, 15) is 12.8 Å². The lowest BCUT2D eigenvalue weighted by atomic mass is 10.0. The van der Waals surface area contributed by atoms with Crippen LogP contribution >= 0.6 is 0 Å². The van der Waals surface area contributed by atoms with E-state index >= 15 is 0 Å². The summed E-state index contributed by atoms with van der Waals surface area (Å²) >= 11 is 0. The molecule has 1 fully saturated rings. The molecule has 0 unspecified atom stereocenters. The molecule has 1 N–H and O–H groups in total. The van der Waals surface area contributed by atoms with Crippen LogP contribution in [0.5, 0.6) is 0 Å². The van der Waals surface area contributed by atoms with Gasteiger partial charge in [0.2, 0.25) is 10.0 Å². The first-order valence-corrected chi connectivity index (χ1v) is 8.00. The van der Waals surface area contributed by atoms with Gasteiger partial charge in [-0.15, -0.1) is 0 Å². The van der Waals surface area contributed by atoms with E-state index < -0.39 is 10.0 Å². The number of nitrogens with one attached hydrogen (secondary N) is 1. The van der Waals surface area contributed by atoms with Crippen molar-refractivity contribution in [1.29, 1.82) is 0 Å². The molecule has 0 saturated carbocycles. The van der Waals surface area contributed by atoms with Gasteiger partial charge < -0.3 is 4.74 Å². The molecule has 0 aliphatic carbocycles. The maximum Gasteiger partial charge on any atom is 0.215 e. The maximum atomic E-state index is 12.7. The van der Waals surface area contributed by atoms with Crippen LogP contribution in [0.15, 0.2) is 24.3 Å². The van der Waals surface area contributed by atoms with Crippen molar-refractivity contribution in [2.24, 2.45) is 5.92 Å². The van der Waals surface area contributed by atoms with Crippen LogP contribution in [-0.4, -0.2) is 28.2 Å². The second-order valence-corrected chi connectivity index (χ2v) is 6.60. The van der Waals surface area contributed by atoms with Crippen molar-refractivity contribution < 1.29 is 17.5 Å². The Labute approximate surface area is 113 Å².